The summed E-state index contributed by atoms with van der Waals surface area (Å²) in [5.74, 6) is 0.886. The van der Waals surface area contributed by atoms with Crippen LogP contribution in [0.4, 0.5) is 4.39 Å². The fourth-order valence-corrected chi connectivity index (χ4v) is 2.02. The Kier molecular flexibility index (Phi) is 3.10. The average molecular weight is 267 g/mol. The first-order valence-electron chi connectivity index (χ1n) is 6.04. The van der Waals surface area contributed by atoms with Crippen LogP contribution in [-0.4, -0.2) is 6.79 Å². The topological polar surface area (TPSA) is 42.2 Å². The van der Waals surface area contributed by atoms with Gasteiger partial charge in [0.15, 0.2) is 11.5 Å². The third-order valence-corrected chi connectivity index (χ3v) is 2.99. The van der Waals surface area contributed by atoms with Crippen molar-refractivity contribution in [2.45, 2.75) is 0 Å². The second-order valence-electron chi connectivity index (χ2n) is 4.26. The molecule has 0 radical (unpaired) electrons. The van der Waals surface area contributed by atoms with Crippen molar-refractivity contribution in [3.63, 3.8) is 0 Å². The van der Waals surface area contributed by atoms with E-state index in [1.165, 1.54) is 6.07 Å². The average Bonchev–Trinajstić information content (AvgIpc) is 2.93. The van der Waals surface area contributed by atoms with Crippen molar-refractivity contribution >= 4 is 11.6 Å². The maximum absolute atomic E-state index is 13.7. The molecule has 0 N–H and O–H groups in total. The van der Waals surface area contributed by atoms with Crippen LogP contribution in [0.2, 0.25) is 0 Å². The molecule has 0 bridgehead atoms. The van der Waals surface area contributed by atoms with Gasteiger partial charge in [-0.2, -0.15) is 5.26 Å². The molecule has 1 aliphatic rings. The van der Waals surface area contributed by atoms with Crippen molar-refractivity contribution < 1.29 is 13.9 Å². The van der Waals surface area contributed by atoms with Crippen LogP contribution < -0.4 is 9.47 Å². The zero-order valence-corrected chi connectivity index (χ0v) is 10.5. The van der Waals surface area contributed by atoms with Gasteiger partial charge < -0.3 is 9.47 Å². The zero-order valence-electron chi connectivity index (χ0n) is 10.5. The summed E-state index contributed by atoms with van der Waals surface area (Å²) in [6.07, 6.45) is 1.63. The Morgan fingerprint density at radius 3 is 2.75 bits per heavy atom. The number of halogens is 1. The lowest BCUT2D eigenvalue weighted by atomic mass is 10.0. The van der Waals surface area contributed by atoms with Gasteiger partial charge >= 0.3 is 0 Å². The van der Waals surface area contributed by atoms with Gasteiger partial charge in [-0.05, 0) is 29.8 Å². The van der Waals surface area contributed by atoms with Gasteiger partial charge in [0.25, 0.3) is 0 Å². The maximum Gasteiger partial charge on any atom is 0.231 e. The van der Waals surface area contributed by atoms with E-state index in [4.69, 9.17) is 9.47 Å². The summed E-state index contributed by atoms with van der Waals surface area (Å²) in [6, 6.07) is 13.6. The van der Waals surface area contributed by atoms with Crippen molar-refractivity contribution in [2.24, 2.45) is 0 Å². The molecule has 2 aromatic rings. The fourth-order valence-electron chi connectivity index (χ4n) is 2.02. The molecule has 0 unspecified atom stereocenters. The lowest BCUT2D eigenvalue weighted by Gasteiger charge is -2.02. The predicted molar refractivity (Wildman–Crippen MR) is 72.4 cm³/mol. The lowest BCUT2D eigenvalue weighted by molar-refractivity contribution is 0.174. The van der Waals surface area contributed by atoms with Crippen molar-refractivity contribution in [1.82, 2.24) is 0 Å². The first kappa shape index (κ1) is 12.2. The van der Waals surface area contributed by atoms with Crippen LogP contribution >= 0.6 is 0 Å². The Hall–Kier alpha value is -2.80. The molecule has 3 rings (SSSR count). The van der Waals surface area contributed by atoms with Gasteiger partial charge in [-0.15, -0.1) is 0 Å². The molecule has 0 aliphatic carbocycles. The number of ether oxygens (including phenoxy) is 2. The molecule has 0 aromatic heterocycles. The van der Waals surface area contributed by atoms with Gasteiger partial charge in [-0.1, -0.05) is 24.3 Å². The second-order valence-corrected chi connectivity index (χ2v) is 4.26. The monoisotopic (exact) mass is 267 g/mol. The summed E-state index contributed by atoms with van der Waals surface area (Å²) in [5.41, 5.74) is 1.31. The van der Waals surface area contributed by atoms with E-state index in [9.17, 15) is 9.65 Å². The Morgan fingerprint density at radius 1 is 1.15 bits per heavy atom. The van der Waals surface area contributed by atoms with E-state index in [2.05, 4.69) is 0 Å². The molecule has 3 nitrogen and oxygen atoms in total. The molecule has 1 heterocycles. The summed E-state index contributed by atoms with van der Waals surface area (Å²) in [7, 11) is 0. The van der Waals surface area contributed by atoms with Crippen LogP contribution in [0.5, 0.6) is 11.5 Å². The van der Waals surface area contributed by atoms with Gasteiger partial charge in [-0.3, -0.25) is 0 Å². The van der Waals surface area contributed by atoms with E-state index in [-0.39, 0.29) is 17.9 Å². The Labute approximate surface area is 115 Å². The van der Waals surface area contributed by atoms with E-state index in [1.807, 2.05) is 6.07 Å². The number of nitriles is 1. The van der Waals surface area contributed by atoms with Crippen molar-refractivity contribution in [3.05, 3.63) is 59.4 Å². The Morgan fingerprint density at radius 2 is 1.95 bits per heavy atom. The molecule has 4 heteroatoms. The first-order chi connectivity index (χ1) is 9.78. The largest absolute Gasteiger partial charge is 0.454 e. The van der Waals surface area contributed by atoms with E-state index >= 15 is 0 Å². The smallest absolute Gasteiger partial charge is 0.231 e. The zero-order chi connectivity index (χ0) is 13.9. The molecule has 0 fully saturated rings. The number of hydrogen-bond acceptors (Lipinski definition) is 3. The van der Waals surface area contributed by atoms with Crippen LogP contribution in [0.25, 0.3) is 11.6 Å². The number of benzene rings is 2. The van der Waals surface area contributed by atoms with E-state index in [0.717, 1.165) is 5.56 Å². The molecule has 98 valence electrons. The summed E-state index contributed by atoms with van der Waals surface area (Å²) in [6.45, 7) is 0.195. The third kappa shape index (κ3) is 2.21. The van der Waals surface area contributed by atoms with Crippen LogP contribution in [-0.2, 0) is 0 Å². The summed E-state index contributed by atoms with van der Waals surface area (Å²) in [5, 5.41) is 9.22. The van der Waals surface area contributed by atoms with Gasteiger partial charge in [0, 0.05) is 5.56 Å². The molecule has 1 aliphatic heterocycles. The Balaban J connectivity index is 2.02. The highest BCUT2D eigenvalue weighted by atomic mass is 19.1. The maximum atomic E-state index is 13.7. The van der Waals surface area contributed by atoms with E-state index < -0.39 is 5.82 Å². The fraction of sp³-hybridized carbons (Fsp3) is 0.0625. The molecule has 0 saturated heterocycles. The number of rotatable bonds is 2. The molecule has 0 atom stereocenters. The van der Waals surface area contributed by atoms with Crippen molar-refractivity contribution in [1.29, 1.82) is 5.26 Å². The first-order valence-corrected chi connectivity index (χ1v) is 6.04. The highest BCUT2D eigenvalue weighted by Crippen LogP contribution is 2.33. The molecular weight excluding hydrogens is 257 g/mol. The summed E-state index contributed by atoms with van der Waals surface area (Å²) >= 11 is 0. The minimum Gasteiger partial charge on any atom is -0.454 e. The normalized spacial score (nSPS) is 13.1. The van der Waals surface area contributed by atoms with E-state index in [0.29, 0.717) is 11.5 Å². The van der Waals surface area contributed by atoms with Crippen LogP contribution in [0, 0.1) is 17.1 Å². The third-order valence-electron chi connectivity index (χ3n) is 2.99. The number of hydrogen-bond donors (Lipinski definition) is 0. The molecule has 20 heavy (non-hydrogen) atoms. The summed E-state index contributed by atoms with van der Waals surface area (Å²) < 4.78 is 24.2. The minimum atomic E-state index is -0.416. The molecule has 0 amide bonds. The number of nitrogens with zero attached hydrogens (tertiary/aromatic N) is 1. The molecule has 0 spiro atoms. The Bertz CT molecular complexity index is 731. The summed E-state index contributed by atoms with van der Waals surface area (Å²) in [4.78, 5) is 0. The molecular formula is C16H10FNO2. The van der Waals surface area contributed by atoms with Gasteiger partial charge in [-0.25, -0.2) is 4.39 Å². The standard InChI is InChI=1S/C16H10FNO2/c17-14-4-2-1-3-13(14)12(9-18)7-11-5-6-15-16(8-11)20-10-19-15/h1-8H,10H2/b12-7+. The SMILES string of the molecule is N#C/C(=C\c1ccc2c(c1)OCO2)c1ccccc1F. The van der Waals surface area contributed by atoms with Gasteiger partial charge in [0.05, 0.1) is 11.6 Å². The van der Waals surface area contributed by atoms with Crippen LogP contribution in [0.15, 0.2) is 42.5 Å². The van der Waals surface area contributed by atoms with Crippen LogP contribution in [0.1, 0.15) is 11.1 Å². The second kappa shape index (κ2) is 5.06. The quantitative estimate of drug-likeness (QED) is 0.616. The van der Waals surface area contributed by atoms with E-state index in [1.54, 1.807) is 42.5 Å². The highest BCUT2D eigenvalue weighted by molar-refractivity contribution is 5.90. The highest BCUT2D eigenvalue weighted by Gasteiger charge is 2.13. The van der Waals surface area contributed by atoms with Crippen LogP contribution in [0.3, 0.4) is 0 Å². The van der Waals surface area contributed by atoms with Gasteiger partial charge in [0.2, 0.25) is 6.79 Å². The van der Waals surface area contributed by atoms with Gasteiger partial charge in [0.1, 0.15) is 5.82 Å². The number of allylic oxidation sites excluding steroid dienone is 1. The minimum absolute atomic E-state index is 0.195. The van der Waals surface area contributed by atoms with Crippen molar-refractivity contribution in [2.75, 3.05) is 6.79 Å². The molecule has 2 aromatic carbocycles. The number of fused-ring (bicyclic) bond motifs is 1. The lowest BCUT2D eigenvalue weighted by Crippen LogP contribution is -1.92. The predicted octanol–water partition coefficient (Wildman–Crippen LogP) is 3.62. The molecule has 0 saturated carbocycles. The van der Waals surface area contributed by atoms with Crippen molar-refractivity contribution in [3.8, 4) is 17.6 Å².